The Morgan fingerprint density at radius 3 is 2.65 bits per heavy atom. The van der Waals surface area contributed by atoms with Crippen molar-refractivity contribution in [3.63, 3.8) is 0 Å². The van der Waals surface area contributed by atoms with E-state index in [4.69, 9.17) is 11.5 Å². The smallest absolute Gasteiger partial charge is 0.274 e. The lowest BCUT2D eigenvalue weighted by atomic mass is 10.1. The molecular weight excluding hydrogens is 276 g/mol. The Balaban J connectivity index is 2.22. The highest BCUT2D eigenvalue weighted by molar-refractivity contribution is 7.07. The molecule has 2 amide bonds. The number of nitrogens with zero attached hydrogens (tertiary/aromatic N) is 2. The summed E-state index contributed by atoms with van der Waals surface area (Å²) < 4.78 is 0. The second-order valence-electron chi connectivity index (χ2n) is 4.20. The molecule has 0 radical (unpaired) electrons. The molecule has 0 fully saturated rings. The van der Waals surface area contributed by atoms with Gasteiger partial charge in [-0.15, -0.1) is 11.3 Å². The maximum Gasteiger partial charge on any atom is 0.274 e. The number of para-hydroxylation sites is 1. The van der Waals surface area contributed by atoms with E-state index in [9.17, 15) is 9.59 Å². The van der Waals surface area contributed by atoms with Crippen LogP contribution in [0.2, 0.25) is 0 Å². The molecule has 104 valence electrons. The number of nitrogens with two attached hydrogens (primary N) is 2. The molecular formula is C13H14N4O2S. The van der Waals surface area contributed by atoms with Crippen LogP contribution in [0, 0.1) is 0 Å². The molecule has 0 saturated carbocycles. The first-order valence-corrected chi connectivity index (χ1v) is 6.81. The van der Waals surface area contributed by atoms with Gasteiger partial charge in [0, 0.05) is 17.6 Å². The molecule has 4 N–H and O–H groups in total. The molecule has 0 aliphatic rings. The molecule has 0 aliphatic heterocycles. The van der Waals surface area contributed by atoms with Gasteiger partial charge in [-0.25, -0.2) is 4.98 Å². The van der Waals surface area contributed by atoms with Gasteiger partial charge in [0.1, 0.15) is 12.2 Å². The van der Waals surface area contributed by atoms with Gasteiger partial charge < -0.3 is 16.4 Å². The van der Waals surface area contributed by atoms with Crippen LogP contribution in [0.25, 0.3) is 0 Å². The van der Waals surface area contributed by atoms with E-state index in [-0.39, 0.29) is 19.0 Å². The lowest BCUT2D eigenvalue weighted by molar-refractivity contribution is -0.118. The highest BCUT2D eigenvalue weighted by Gasteiger charge is 2.20. The SMILES string of the molecule is NC(=O)CN(Cc1ccccc1N)C(=O)c1cscn1. The number of carbonyl (C=O) groups excluding carboxylic acids is 2. The Bertz CT molecular complexity index is 613. The number of primary amides is 1. The van der Waals surface area contributed by atoms with Crippen LogP contribution in [0.3, 0.4) is 0 Å². The number of carbonyl (C=O) groups is 2. The maximum absolute atomic E-state index is 12.3. The third kappa shape index (κ3) is 3.33. The summed E-state index contributed by atoms with van der Waals surface area (Å²) in [6.45, 7) is 0.0384. The number of thiazole rings is 1. The standard InChI is InChI=1S/C13H14N4O2S/c14-10-4-2-1-3-9(10)5-17(6-12(15)18)13(19)11-7-20-8-16-11/h1-4,7-8H,5-6,14H2,(H2,15,18). The average molecular weight is 290 g/mol. The van der Waals surface area contributed by atoms with Crippen LogP contribution in [-0.2, 0) is 11.3 Å². The zero-order valence-corrected chi connectivity index (χ0v) is 11.5. The average Bonchev–Trinajstić information content (AvgIpc) is 2.93. The Labute approximate surface area is 120 Å². The molecule has 0 bridgehead atoms. The van der Waals surface area contributed by atoms with E-state index in [1.165, 1.54) is 16.2 Å². The lowest BCUT2D eigenvalue weighted by Gasteiger charge is -2.21. The summed E-state index contributed by atoms with van der Waals surface area (Å²) in [5, 5.41) is 1.63. The van der Waals surface area contributed by atoms with E-state index in [0.29, 0.717) is 11.4 Å². The molecule has 2 rings (SSSR count). The summed E-state index contributed by atoms with van der Waals surface area (Å²) in [6.07, 6.45) is 0. The minimum Gasteiger partial charge on any atom is -0.398 e. The molecule has 20 heavy (non-hydrogen) atoms. The van der Waals surface area contributed by atoms with E-state index in [2.05, 4.69) is 4.98 Å². The van der Waals surface area contributed by atoms with Gasteiger partial charge in [0.25, 0.3) is 5.91 Å². The zero-order chi connectivity index (χ0) is 14.5. The number of aromatic nitrogens is 1. The molecule has 1 aromatic carbocycles. The summed E-state index contributed by atoms with van der Waals surface area (Å²) in [5.74, 6) is -0.920. The summed E-state index contributed by atoms with van der Waals surface area (Å²) in [7, 11) is 0. The van der Waals surface area contributed by atoms with Crippen LogP contribution in [0.5, 0.6) is 0 Å². The van der Waals surface area contributed by atoms with Gasteiger partial charge in [0.15, 0.2) is 0 Å². The summed E-state index contributed by atoms with van der Waals surface area (Å²) in [6, 6.07) is 7.17. The van der Waals surface area contributed by atoms with E-state index < -0.39 is 5.91 Å². The molecule has 0 saturated heterocycles. The van der Waals surface area contributed by atoms with Gasteiger partial charge in [-0.05, 0) is 11.6 Å². The molecule has 0 spiro atoms. The molecule has 7 heteroatoms. The summed E-state index contributed by atoms with van der Waals surface area (Å²) >= 11 is 1.31. The quantitative estimate of drug-likeness (QED) is 0.797. The second-order valence-corrected chi connectivity index (χ2v) is 4.92. The number of benzene rings is 1. The van der Waals surface area contributed by atoms with Crippen LogP contribution in [0.4, 0.5) is 5.69 Å². The van der Waals surface area contributed by atoms with Crippen molar-refractivity contribution in [1.82, 2.24) is 9.88 Å². The van der Waals surface area contributed by atoms with Gasteiger partial charge in [-0.1, -0.05) is 18.2 Å². The molecule has 1 aromatic heterocycles. The number of amides is 2. The van der Waals surface area contributed by atoms with Gasteiger partial charge in [-0.3, -0.25) is 9.59 Å². The maximum atomic E-state index is 12.3. The fourth-order valence-electron chi connectivity index (χ4n) is 1.75. The topological polar surface area (TPSA) is 102 Å². The van der Waals surface area contributed by atoms with Crippen molar-refractivity contribution in [1.29, 1.82) is 0 Å². The van der Waals surface area contributed by atoms with Crippen molar-refractivity contribution < 1.29 is 9.59 Å². The Hall–Kier alpha value is -2.41. The van der Waals surface area contributed by atoms with Crippen LogP contribution < -0.4 is 11.5 Å². The minimum absolute atomic E-state index is 0.176. The van der Waals surface area contributed by atoms with E-state index in [0.717, 1.165) is 5.56 Å². The number of hydrogen-bond donors (Lipinski definition) is 2. The van der Waals surface area contributed by atoms with Crippen LogP contribution in [0.1, 0.15) is 16.1 Å². The van der Waals surface area contributed by atoms with E-state index in [1.54, 1.807) is 29.1 Å². The Morgan fingerprint density at radius 1 is 1.30 bits per heavy atom. The first kappa shape index (κ1) is 14.0. The molecule has 6 nitrogen and oxygen atoms in total. The van der Waals surface area contributed by atoms with E-state index in [1.807, 2.05) is 6.07 Å². The fraction of sp³-hybridized carbons (Fsp3) is 0.154. The van der Waals surface area contributed by atoms with Crippen LogP contribution >= 0.6 is 11.3 Å². The highest BCUT2D eigenvalue weighted by atomic mass is 32.1. The molecule has 0 unspecified atom stereocenters. The predicted octanol–water partition coefficient (Wildman–Crippen LogP) is 0.853. The number of nitrogen functional groups attached to an aromatic ring is 1. The normalized spacial score (nSPS) is 10.2. The summed E-state index contributed by atoms with van der Waals surface area (Å²) in [5.41, 5.74) is 14.2. The van der Waals surface area contributed by atoms with Crippen LogP contribution in [0.15, 0.2) is 35.2 Å². The molecule has 0 aliphatic carbocycles. The monoisotopic (exact) mass is 290 g/mol. The van der Waals surface area contributed by atoms with Crippen molar-refractivity contribution in [2.75, 3.05) is 12.3 Å². The van der Waals surface area contributed by atoms with Gasteiger partial charge in [0.05, 0.1) is 5.51 Å². The first-order chi connectivity index (χ1) is 9.58. The van der Waals surface area contributed by atoms with Crippen molar-refractivity contribution >= 4 is 28.8 Å². The van der Waals surface area contributed by atoms with Gasteiger partial charge in [0.2, 0.25) is 5.91 Å². The van der Waals surface area contributed by atoms with Crippen molar-refractivity contribution in [2.45, 2.75) is 6.54 Å². The second kappa shape index (κ2) is 6.16. The third-order valence-corrected chi connectivity index (χ3v) is 3.29. The lowest BCUT2D eigenvalue weighted by Crippen LogP contribution is -2.38. The Kier molecular flexibility index (Phi) is 4.31. The molecule has 0 atom stereocenters. The van der Waals surface area contributed by atoms with Crippen molar-refractivity contribution in [3.8, 4) is 0 Å². The number of anilines is 1. The van der Waals surface area contributed by atoms with Crippen molar-refractivity contribution in [3.05, 3.63) is 46.4 Å². The van der Waals surface area contributed by atoms with Gasteiger partial charge in [-0.2, -0.15) is 0 Å². The zero-order valence-electron chi connectivity index (χ0n) is 10.7. The summed E-state index contributed by atoms with van der Waals surface area (Å²) in [4.78, 5) is 28.7. The molecule has 2 aromatic rings. The number of rotatable bonds is 5. The van der Waals surface area contributed by atoms with Crippen molar-refractivity contribution in [2.24, 2.45) is 5.73 Å². The Morgan fingerprint density at radius 2 is 2.05 bits per heavy atom. The fourth-order valence-corrected chi connectivity index (χ4v) is 2.28. The predicted molar refractivity (Wildman–Crippen MR) is 76.9 cm³/mol. The molecule has 1 heterocycles. The van der Waals surface area contributed by atoms with E-state index >= 15 is 0 Å². The minimum atomic E-state index is -0.580. The first-order valence-electron chi connectivity index (χ1n) is 5.87. The third-order valence-electron chi connectivity index (χ3n) is 2.70. The van der Waals surface area contributed by atoms with Gasteiger partial charge >= 0.3 is 0 Å². The largest absolute Gasteiger partial charge is 0.398 e. The number of hydrogen-bond acceptors (Lipinski definition) is 5. The van der Waals surface area contributed by atoms with Crippen LogP contribution in [-0.4, -0.2) is 28.2 Å². The highest BCUT2D eigenvalue weighted by Crippen LogP contribution is 2.15.